The van der Waals surface area contributed by atoms with Gasteiger partial charge in [-0.1, -0.05) is 30.3 Å². The number of ether oxygens (including phenoxy) is 2. The fourth-order valence-corrected chi connectivity index (χ4v) is 3.40. The van der Waals surface area contributed by atoms with Gasteiger partial charge in [0.1, 0.15) is 5.75 Å². The minimum atomic E-state index is -2.98. The molecule has 2 aromatic carbocycles. The first-order chi connectivity index (χ1) is 14.2. The van der Waals surface area contributed by atoms with Gasteiger partial charge in [0.25, 0.3) is 11.8 Å². The predicted molar refractivity (Wildman–Crippen MR) is 104 cm³/mol. The van der Waals surface area contributed by atoms with Crippen molar-refractivity contribution in [1.82, 2.24) is 4.90 Å². The molecule has 2 atom stereocenters. The maximum atomic E-state index is 13.2. The van der Waals surface area contributed by atoms with E-state index < -0.39 is 30.1 Å². The summed E-state index contributed by atoms with van der Waals surface area (Å²) in [6, 6.07) is 12.0. The molecule has 3 rings (SSSR count). The molecule has 158 valence electrons. The van der Waals surface area contributed by atoms with Crippen molar-refractivity contribution in [3.63, 3.8) is 0 Å². The molecular weight excluding hydrogens is 398 g/mol. The van der Waals surface area contributed by atoms with Crippen LogP contribution in [0.25, 0.3) is 0 Å². The molecule has 1 heterocycles. The lowest BCUT2D eigenvalue weighted by Gasteiger charge is -2.27. The second-order valence-corrected chi connectivity index (χ2v) is 6.59. The summed E-state index contributed by atoms with van der Waals surface area (Å²) >= 11 is 0. The SMILES string of the molecule is COC(C(N)=O)c1cccc(C2(c3ccc(OC(F)F)cc3)N=C(N)N(C)C2=O)c1. The summed E-state index contributed by atoms with van der Waals surface area (Å²) in [5.74, 6) is -1.24. The number of primary amides is 1. The minimum absolute atomic E-state index is 0.0171. The number of methoxy groups -OCH3 is 1. The van der Waals surface area contributed by atoms with Crippen molar-refractivity contribution in [2.24, 2.45) is 16.5 Å². The van der Waals surface area contributed by atoms with Crippen LogP contribution in [0.4, 0.5) is 8.78 Å². The summed E-state index contributed by atoms with van der Waals surface area (Å²) in [5.41, 5.74) is 11.0. The molecule has 0 spiro atoms. The lowest BCUT2D eigenvalue weighted by Crippen LogP contribution is -2.41. The Morgan fingerprint density at radius 2 is 1.83 bits per heavy atom. The maximum Gasteiger partial charge on any atom is 0.387 e. The van der Waals surface area contributed by atoms with Crippen LogP contribution < -0.4 is 16.2 Å². The second kappa shape index (κ2) is 8.07. The number of amides is 2. The second-order valence-electron chi connectivity index (χ2n) is 6.59. The van der Waals surface area contributed by atoms with E-state index in [9.17, 15) is 18.4 Å². The van der Waals surface area contributed by atoms with Crippen molar-refractivity contribution in [1.29, 1.82) is 0 Å². The van der Waals surface area contributed by atoms with Crippen molar-refractivity contribution in [2.75, 3.05) is 14.2 Å². The molecule has 10 heteroatoms. The first kappa shape index (κ1) is 21.2. The zero-order valence-electron chi connectivity index (χ0n) is 16.2. The van der Waals surface area contributed by atoms with Crippen molar-refractivity contribution in [3.8, 4) is 5.75 Å². The number of aliphatic imine (C=N–C) groups is 1. The van der Waals surface area contributed by atoms with Crippen LogP contribution in [0, 0.1) is 0 Å². The molecule has 0 saturated heterocycles. The number of halogens is 2. The number of rotatable bonds is 7. The molecule has 0 bridgehead atoms. The lowest BCUT2D eigenvalue weighted by molar-refractivity contribution is -0.129. The van der Waals surface area contributed by atoms with Gasteiger partial charge in [0.15, 0.2) is 17.6 Å². The van der Waals surface area contributed by atoms with E-state index in [1.165, 1.54) is 43.3 Å². The standard InChI is InChI=1S/C20H20F2N4O4/c1-26-17(28)20(25-19(26)24,12-6-8-14(9-7-12)30-18(21)22)13-5-3-4-11(10-13)15(29-2)16(23)27/h3-10,15,18H,1-2H3,(H2,23,27)(H2,24,25). The number of carbonyl (C=O) groups is 2. The summed E-state index contributed by atoms with van der Waals surface area (Å²) in [5, 5.41) is 0. The van der Waals surface area contributed by atoms with E-state index in [0.29, 0.717) is 16.7 Å². The summed E-state index contributed by atoms with van der Waals surface area (Å²) in [7, 11) is 2.81. The number of nitrogens with zero attached hydrogens (tertiary/aromatic N) is 2. The van der Waals surface area contributed by atoms with Gasteiger partial charge in [-0.05, 0) is 34.9 Å². The van der Waals surface area contributed by atoms with Crippen LogP contribution in [0.1, 0.15) is 22.8 Å². The van der Waals surface area contributed by atoms with Crippen LogP contribution in [-0.4, -0.2) is 43.4 Å². The Morgan fingerprint density at radius 1 is 1.17 bits per heavy atom. The molecular formula is C20H20F2N4O4. The Kier molecular flexibility index (Phi) is 5.70. The van der Waals surface area contributed by atoms with E-state index in [1.807, 2.05) is 0 Å². The molecule has 4 N–H and O–H groups in total. The number of benzene rings is 2. The molecule has 1 aliphatic heterocycles. The topological polar surface area (TPSA) is 120 Å². The fraction of sp³-hybridized carbons (Fsp3) is 0.250. The molecule has 0 saturated carbocycles. The highest BCUT2D eigenvalue weighted by molar-refractivity contribution is 6.09. The van der Waals surface area contributed by atoms with Gasteiger partial charge in [0.2, 0.25) is 0 Å². The molecule has 30 heavy (non-hydrogen) atoms. The number of carbonyl (C=O) groups excluding carboxylic acids is 2. The summed E-state index contributed by atoms with van der Waals surface area (Å²) < 4.78 is 34.5. The monoisotopic (exact) mass is 418 g/mol. The highest BCUT2D eigenvalue weighted by Gasteiger charge is 2.49. The zero-order chi connectivity index (χ0) is 22.1. The quantitative estimate of drug-likeness (QED) is 0.706. The van der Waals surface area contributed by atoms with Crippen molar-refractivity contribution < 1.29 is 27.8 Å². The molecule has 0 aliphatic carbocycles. The fourth-order valence-electron chi connectivity index (χ4n) is 3.40. The average molecular weight is 418 g/mol. The lowest BCUT2D eigenvalue weighted by atomic mass is 9.82. The van der Waals surface area contributed by atoms with Crippen molar-refractivity contribution in [3.05, 3.63) is 65.2 Å². The molecule has 2 unspecified atom stereocenters. The van der Waals surface area contributed by atoms with E-state index in [2.05, 4.69) is 9.73 Å². The van der Waals surface area contributed by atoms with Gasteiger partial charge in [-0.15, -0.1) is 0 Å². The highest BCUT2D eigenvalue weighted by Crippen LogP contribution is 2.40. The molecule has 2 aromatic rings. The summed E-state index contributed by atoms with van der Waals surface area (Å²) in [6.07, 6.45) is -1.03. The van der Waals surface area contributed by atoms with E-state index >= 15 is 0 Å². The molecule has 8 nitrogen and oxygen atoms in total. The number of nitrogens with two attached hydrogens (primary N) is 2. The number of hydrogen-bond acceptors (Lipinski definition) is 6. The third-order valence-electron chi connectivity index (χ3n) is 4.84. The van der Waals surface area contributed by atoms with Crippen LogP contribution in [0.15, 0.2) is 53.5 Å². The van der Waals surface area contributed by atoms with E-state index in [1.54, 1.807) is 24.3 Å². The van der Waals surface area contributed by atoms with Crippen molar-refractivity contribution in [2.45, 2.75) is 18.3 Å². The Hall–Kier alpha value is -3.53. The van der Waals surface area contributed by atoms with Crippen LogP contribution >= 0.6 is 0 Å². The summed E-state index contributed by atoms with van der Waals surface area (Å²) in [4.78, 5) is 30.6. The number of alkyl halides is 2. The zero-order valence-corrected chi connectivity index (χ0v) is 16.2. The van der Waals surface area contributed by atoms with Gasteiger partial charge < -0.3 is 20.9 Å². The van der Waals surface area contributed by atoms with Gasteiger partial charge in [0.05, 0.1) is 0 Å². The van der Waals surface area contributed by atoms with Gasteiger partial charge in [-0.2, -0.15) is 8.78 Å². The first-order valence-corrected chi connectivity index (χ1v) is 8.82. The Labute approximate surface area is 171 Å². The first-order valence-electron chi connectivity index (χ1n) is 8.82. The molecule has 2 amide bonds. The van der Waals surface area contributed by atoms with Gasteiger partial charge in [-0.3, -0.25) is 14.5 Å². The Morgan fingerprint density at radius 3 is 2.33 bits per heavy atom. The number of likely N-dealkylation sites (N-methyl/N-ethyl adjacent to an activating group) is 1. The van der Waals surface area contributed by atoms with Gasteiger partial charge in [0, 0.05) is 14.2 Å². The largest absolute Gasteiger partial charge is 0.435 e. The van der Waals surface area contributed by atoms with Gasteiger partial charge >= 0.3 is 6.61 Å². The number of guanidine groups is 1. The molecule has 0 fully saturated rings. The molecule has 0 radical (unpaired) electrons. The third kappa shape index (κ3) is 3.57. The highest BCUT2D eigenvalue weighted by atomic mass is 19.3. The van der Waals surface area contributed by atoms with E-state index in [-0.39, 0.29) is 11.7 Å². The van der Waals surface area contributed by atoms with E-state index in [0.717, 1.165) is 0 Å². The van der Waals surface area contributed by atoms with Gasteiger partial charge in [-0.25, -0.2) is 4.99 Å². The Bertz CT molecular complexity index is 997. The molecule has 0 aromatic heterocycles. The van der Waals surface area contributed by atoms with E-state index in [4.69, 9.17) is 16.2 Å². The van der Waals surface area contributed by atoms with Crippen LogP contribution in [0.3, 0.4) is 0 Å². The third-order valence-corrected chi connectivity index (χ3v) is 4.84. The smallest absolute Gasteiger partial charge is 0.387 e. The Balaban J connectivity index is 2.16. The van der Waals surface area contributed by atoms with Crippen molar-refractivity contribution >= 4 is 17.8 Å². The predicted octanol–water partition coefficient (Wildman–Crippen LogP) is 1.49. The van der Waals surface area contributed by atoms with Crippen LogP contribution in [0.2, 0.25) is 0 Å². The normalized spacial score (nSPS) is 19.7. The van der Waals surface area contributed by atoms with Crippen LogP contribution in [-0.2, 0) is 19.9 Å². The maximum absolute atomic E-state index is 13.2. The minimum Gasteiger partial charge on any atom is -0.435 e. The average Bonchev–Trinajstić information content (AvgIpc) is 2.93. The number of hydrogen-bond donors (Lipinski definition) is 2. The summed E-state index contributed by atoms with van der Waals surface area (Å²) in [6.45, 7) is -2.98. The molecule has 1 aliphatic rings. The van der Waals surface area contributed by atoms with Crippen LogP contribution in [0.5, 0.6) is 5.75 Å².